The molecule has 3 rings (SSSR count). The van der Waals surface area contributed by atoms with E-state index in [1.54, 1.807) is 0 Å². The molecule has 1 aromatic rings. The van der Waals surface area contributed by atoms with Gasteiger partial charge < -0.3 is 5.32 Å². The molecular formula is C18H28N2. The van der Waals surface area contributed by atoms with E-state index in [0.29, 0.717) is 0 Å². The van der Waals surface area contributed by atoms with Crippen molar-refractivity contribution in [2.45, 2.75) is 63.6 Å². The van der Waals surface area contributed by atoms with Crippen molar-refractivity contribution >= 4 is 0 Å². The van der Waals surface area contributed by atoms with Gasteiger partial charge in [-0.2, -0.15) is 0 Å². The van der Waals surface area contributed by atoms with Gasteiger partial charge in [0, 0.05) is 24.7 Å². The fourth-order valence-electron chi connectivity index (χ4n) is 3.96. The Morgan fingerprint density at radius 3 is 2.35 bits per heavy atom. The maximum atomic E-state index is 3.81. The zero-order valence-corrected chi connectivity index (χ0v) is 13.2. The fraction of sp³-hybridized carbons (Fsp3) is 0.667. The molecule has 1 atom stereocenters. The van der Waals surface area contributed by atoms with Gasteiger partial charge in [-0.15, -0.1) is 0 Å². The average molecular weight is 272 g/mol. The monoisotopic (exact) mass is 272 g/mol. The standard InChI is InChI=1S/C18H28N2/c1-17(2)13-19-18(3,15-9-5-4-6-10-15)14-20(17)16-11-7-8-12-16/h4-6,9-10,16,19H,7-8,11-14H2,1-3H3. The molecule has 1 aromatic carbocycles. The van der Waals surface area contributed by atoms with E-state index in [1.165, 1.54) is 31.2 Å². The van der Waals surface area contributed by atoms with Gasteiger partial charge in [-0.1, -0.05) is 43.2 Å². The molecule has 0 aromatic heterocycles. The van der Waals surface area contributed by atoms with Crippen LogP contribution in [0.1, 0.15) is 52.0 Å². The summed E-state index contributed by atoms with van der Waals surface area (Å²) in [5, 5.41) is 3.81. The Balaban J connectivity index is 1.86. The van der Waals surface area contributed by atoms with Crippen LogP contribution in [0.3, 0.4) is 0 Å². The van der Waals surface area contributed by atoms with E-state index in [2.05, 4.69) is 61.3 Å². The van der Waals surface area contributed by atoms with Gasteiger partial charge in [0.25, 0.3) is 0 Å². The lowest BCUT2D eigenvalue weighted by Crippen LogP contribution is -2.67. The van der Waals surface area contributed by atoms with Crippen molar-refractivity contribution in [3.63, 3.8) is 0 Å². The summed E-state index contributed by atoms with van der Waals surface area (Å²) in [6.07, 6.45) is 5.59. The Morgan fingerprint density at radius 1 is 1.05 bits per heavy atom. The topological polar surface area (TPSA) is 15.3 Å². The Hall–Kier alpha value is -0.860. The van der Waals surface area contributed by atoms with E-state index in [9.17, 15) is 0 Å². The van der Waals surface area contributed by atoms with Crippen LogP contribution in [0.15, 0.2) is 30.3 Å². The maximum absolute atomic E-state index is 3.81. The second-order valence-electron chi connectivity index (χ2n) is 7.43. The molecule has 20 heavy (non-hydrogen) atoms. The highest BCUT2D eigenvalue weighted by molar-refractivity contribution is 5.26. The number of rotatable bonds is 2. The third kappa shape index (κ3) is 2.51. The lowest BCUT2D eigenvalue weighted by atomic mass is 9.83. The molecule has 1 aliphatic heterocycles. The second kappa shape index (κ2) is 5.16. The molecule has 1 saturated carbocycles. The summed E-state index contributed by atoms with van der Waals surface area (Å²) < 4.78 is 0. The molecule has 1 heterocycles. The minimum absolute atomic E-state index is 0.0827. The van der Waals surface area contributed by atoms with E-state index in [4.69, 9.17) is 0 Å². The van der Waals surface area contributed by atoms with Crippen molar-refractivity contribution in [3.8, 4) is 0 Å². The number of hydrogen-bond acceptors (Lipinski definition) is 2. The second-order valence-corrected chi connectivity index (χ2v) is 7.43. The summed E-state index contributed by atoms with van der Waals surface area (Å²) in [7, 11) is 0. The van der Waals surface area contributed by atoms with Gasteiger partial charge in [-0.25, -0.2) is 0 Å². The summed E-state index contributed by atoms with van der Waals surface area (Å²) >= 11 is 0. The number of piperazine rings is 1. The zero-order valence-electron chi connectivity index (χ0n) is 13.2. The lowest BCUT2D eigenvalue weighted by Gasteiger charge is -2.53. The SMILES string of the molecule is CC1(c2ccccc2)CN(C2CCCC2)C(C)(C)CN1. The van der Waals surface area contributed by atoms with Crippen molar-refractivity contribution in [2.75, 3.05) is 13.1 Å². The van der Waals surface area contributed by atoms with Crippen molar-refractivity contribution in [2.24, 2.45) is 0 Å². The van der Waals surface area contributed by atoms with Crippen molar-refractivity contribution < 1.29 is 0 Å². The minimum atomic E-state index is 0.0827. The molecule has 0 bridgehead atoms. The van der Waals surface area contributed by atoms with E-state index in [1.807, 2.05) is 0 Å². The third-order valence-electron chi connectivity index (χ3n) is 5.35. The molecule has 0 amide bonds. The van der Waals surface area contributed by atoms with E-state index in [0.717, 1.165) is 19.1 Å². The number of hydrogen-bond donors (Lipinski definition) is 1. The van der Waals surface area contributed by atoms with Crippen molar-refractivity contribution in [3.05, 3.63) is 35.9 Å². The summed E-state index contributed by atoms with van der Waals surface area (Å²) in [4.78, 5) is 2.78. The van der Waals surface area contributed by atoms with Gasteiger partial charge in [0.1, 0.15) is 0 Å². The normalized spacial score (nSPS) is 31.6. The molecule has 1 aliphatic carbocycles. The lowest BCUT2D eigenvalue weighted by molar-refractivity contribution is -0.00216. The van der Waals surface area contributed by atoms with Crippen molar-refractivity contribution in [1.82, 2.24) is 10.2 Å². The van der Waals surface area contributed by atoms with Crippen LogP contribution in [0.5, 0.6) is 0 Å². The molecule has 1 N–H and O–H groups in total. The molecule has 0 spiro atoms. The Labute approximate surface area is 123 Å². The minimum Gasteiger partial charge on any atom is -0.305 e. The van der Waals surface area contributed by atoms with Crippen LogP contribution in [0.4, 0.5) is 0 Å². The van der Waals surface area contributed by atoms with Crippen LogP contribution in [-0.2, 0) is 5.54 Å². The average Bonchev–Trinajstić information content (AvgIpc) is 2.97. The van der Waals surface area contributed by atoms with Gasteiger partial charge >= 0.3 is 0 Å². The quantitative estimate of drug-likeness (QED) is 0.886. The summed E-state index contributed by atoms with van der Waals surface area (Å²) in [6.45, 7) is 9.33. The predicted octanol–water partition coefficient (Wildman–Crippen LogP) is 3.53. The molecule has 0 radical (unpaired) electrons. The molecule has 2 aliphatic rings. The van der Waals surface area contributed by atoms with Crippen LogP contribution in [0, 0.1) is 0 Å². The largest absolute Gasteiger partial charge is 0.305 e. The van der Waals surface area contributed by atoms with Crippen LogP contribution < -0.4 is 5.32 Å². The summed E-state index contributed by atoms with van der Waals surface area (Å²) in [5.74, 6) is 0. The Morgan fingerprint density at radius 2 is 1.70 bits per heavy atom. The first-order chi connectivity index (χ1) is 9.51. The van der Waals surface area contributed by atoms with Crippen molar-refractivity contribution in [1.29, 1.82) is 0 Å². The number of nitrogens with one attached hydrogen (secondary N) is 1. The predicted molar refractivity (Wildman–Crippen MR) is 84.8 cm³/mol. The zero-order chi connectivity index (χ0) is 14.2. The Kier molecular flexibility index (Phi) is 3.64. The molecule has 2 nitrogen and oxygen atoms in total. The fourth-order valence-corrected chi connectivity index (χ4v) is 3.96. The van der Waals surface area contributed by atoms with Crippen LogP contribution in [-0.4, -0.2) is 29.6 Å². The van der Waals surface area contributed by atoms with E-state index >= 15 is 0 Å². The molecule has 1 unspecified atom stereocenters. The first-order valence-electron chi connectivity index (χ1n) is 8.09. The first kappa shape index (κ1) is 14.1. The molecule has 110 valence electrons. The highest BCUT2D eigenvalue weighted by atomic mass is 15.3. The van der Waals surface area contributed by atoms with Gasteiger partial charge in [0.15, 0.2) is 0 Å². The van der Waals surface area contributed by atoms with E-state index < -0.39 is 0 Å². The summed E-state index contributed by atoms with van der Waals surface area (Å²) in [6, 6.07) is 11.7. The van der Waals surface area contributed by atoms with Gasteiger partial charge in [-0.05, 0) is 39.2 Å². The Bertz CT molecular complexity index is 448. The molecule has 1 saturated heterocycles. The number of benzene rings is 1. The first-order valence-corrected chi connectivity index (χ1v) is 8.09. The highest BCUT2D eigenvalue weighted by Crippen LogP contribution is 2.36. The van der Waals surface area contributed by atoms with Gasteiger partial charge in [-0.3, -0.25) is 4.90 Å². The highest BCUT2D eigenvalue weighted by Gasteiger charge is 2.44. The van der Waals surface area contributed by atoms with Gasteiger partial charge in [0.05, 0.1) is 5.54 Å². The third-order valence-corrected chi connectivity index (χ3v) is 5.35. The molecule has 2 fully saturated rings. The van der Waals surface area contributed by atoms with Crippen LogP contribution in [0.2, 0.25) is 0 Å². The van der Waals surface area contributed by atoms with Crippen LogP contribution >= 0.6 is 0 Å². The summed E-state index contributed by atoms with van der Waals surface area (Å²) in [5.41, 5.74) is 1.77. The number of nitrogens with zero attached hydrogens (tertiary/aromatic N) is 1. The molecule has 2 heteroatoms. The van der Waals surface area contributed by atoms with E-state index in [-0.39, 0.29) is 11.1 Å². The molecular weight excluding hydrogens is 244 g/mol. The van der Waals surface area contributed by atoms with Crippen LogP contribution in [0.25, 0.3) is 0 Å². The van der Waals surface area contributed by atoms with Gasteiger partial charge in [0.2, 0.25) is 0 Å². The smallest absolute Gasteiger partial charge is 0.0535 e. The maximum Gasteiger partial charge on any atom is 0.0535 e.